The number of rotatable bonds is 1. The zero-order valence-corrected chi connectivity index (χ0v) is 14.8. The van der Waals surface area contributed by atoms with Crippen LogP contribution < -0.4 is 0 Å². The van der Waals surface area contributed by atoms with Gasteiger partial charge in [-0.05, 0) is 61.2 Å². The first kappa shape index (κ1) is 15.8. The number of aliphatic hydroxyl groups excluding tert-OH is 2. The molecule has 3 N–H and O–H groups in total. The Morgan fingerprint density at radius 1 is 1.12 bits per heavy atom. The van der Waals surface area contributed by atoms with E-state index in [9.17, 15) is 15.3 Å². The fourth-order valence-corrected chi connectivity index (χ4v) is 7.91. The first-order valence-electron chi connectivity index (χ1n) is 9.59. The van der Waals surface area contributed by atoms with Crippen molar-refractivity contribution in [1.29, 1.82) is 0 Å². The monoisotopic (exact) mass is 334 g/mol. The molecule has 8 atom stereocenters. The molecule has 2 aliphatic heterocycles. The fraction of sp³-hybridized carbons (Fsp3) is 0.900. The van der Waals surface area contributed by atoms with Crippen molar-refractivity contribution in [2.75, 3.05) is 13.2 Å². The fourth-order valence-electron chi connectivity index (χ4n) is 7.91. The highest BCUT2D eigenvalue weighted by Crippen LogP contribution is 2.74. The predicted molar refractivity (Wildman–Crippen MR) is 88.9 cm³/mol. The molecule has 4 aliphatic carbocycles. The number of fused-ring (bicyclic) bond motifs is 3. The Labute approximate surface area is 143 Å². The lowest BCUT2D eigenvalue weighted by Gasteiger charge is -2.72. The Bertz CT molecular complexity index is 619. The zero-order valence-electron chi connectivity index (χ0n) is 14.8. The lowest BCUT2D eigenvalue weighted by atomic mass is 9.37. The molecule has 4 nitrogen and oxygen atoms in total. The Balaban J connectivity index is 1.64. The maximum atomic E-state index is 11.1. The molecular formula is C20H30O4. The van der Waals surface area contributed by atoms with Crippen molar-refractivity contribution in [2.45, 2.75) is 64.3 Å². The van der Waals surface area contributed by atoms with Gasteiger partial charge in [-0.2, -0.15) is 0 Å². The molecule has 0 radical (unpaired) electrons. The third kappa shape index (κ3) is 1.48. The Morgan fingerprint density at radius 3 is 2.58 bits per heavy atom. The second-order valence-electron chi connectivity index (χ2n) is 10.1. The smallest absolute Gasteiger partial charge is 0.200 e. The minimum absolute atomic E-state index is 0.115. The van der Waals surface area contributed by atoms with E-state index in [-0.39, 0.29) is 23.4 Å². The molecule has 4 heteroatoms. The van der Waals surface area contributed by atoms with Gasteiger partial charge in [0, 0.05) is 5.41 Å². The van der Waals surface area contributed by atoms with Gasteiger partial charge in [-0.15, -0.1) is 0 Å². The standard InChI is InChI=1S/C20H30O4/c1-16-5-3-14-18(10-16,8-7-16)6-4-13-17(2,11-21)20(23)15(22)9-19(13,14)12-24-20/h7-8,13-15,21-23H,3-6,9-12H2,1-2H3/t13-,14-,15+,16-,17-,18+,19+,20-/m0/s1. The van der Waals surface area contributed by atoms with E-state index in [0.717, 1.165) is 19.3 Å². The highest BCUT2D eigenvalue weighted by Gasteiger charge is 2.76. The van der Waals surface area contributed by atoms with Crippen LogP contribution >= 0.6 is 0 Å². The molecule has 4 bridgehead atoms. The first-order chi connectivity index (χ1) is 11.2. The molecule has 0 amide bonds. The van der Waals surface area contributed by atoms with Gasteiger partial charge in [0.15, 0.2) is 5.79 Å². The Kier molecular flexibility index (Phi) is 2.82. The molecule has 6 aliphatic rings. The van der Waals surface area contributed by atoms with Crippen LogP contribution in [-0.4, -0.2) is 40.4 Å². The van der Waals surface area contributed by atoms with E-state index >= 15 is 0 Å². The van der Waals surface area contributed by atoms with Crippen LogP contribution in [0.4, 0.5) is 0 Å². The molecule has 5 fully saturated rings. The predicted octanol–water partition coefficient (Wildman–Crippen LogP) is 2.23. The number of allylic oxidation sites excluding steroid dienone is 2. The van der Waals surface area contributed by atoms with Crippen LogP contribution in [0, 0.1) is 33.5 Å². The summed E-state index contributed by atoms with van der Waals surface area (Å²) in [6.45, 7) is 4.68. The second-order valence-corrected chi connectivity index (χ2v) is 10.1. The van der Waals surface area contributed by atoms with Crippen molar-refractivity contribution in [3.8, 4) is 0 Å². The summed E-state index contributed by atoms with van der Waals surface area (Å²) >= 11 is 0. The molecule has 0 unspecified atom stereocenters. The van der Waals surface area contributed by atoms with Crippen LogP contribution in [0.2, 0.25) is 0 Å². The third-order valence-electron chi connectivity index (χ3n) is 9.04. The summed E-state index contributed by atoms with van der Waals surface area (Å²) in [4.78, 5) is 0. The summed E-state index contributed by atoms with van der Waals surface area (Å²) in [5.74, 6) is -0.903. The van der Waals surface area contributed by atoms with Crippen LogP contribution in [0.3, 0.4) is 0 Å². The van der Waals surface area contributed by atoms with E-state index in [4.69, 9.17) is 4.74 Å². The second kappa shape index (κ2) is 4.28. The maximum absolute atomic E-state index is 11.1. The van der Waals surface area contributed by atoms with Gasteiger partial charge < -0.3 is 20.1 Å². The van der Waals surface area contributed by atoms with Gasteiger partial charge >= 0.3 is 0 Å². The topological polar surface area (TPSA) is 69.9 Å². The van der Waals surface area contributed by atoms with Gasteiger partial charge in [0.1, 0.15) is 6.10 Å². The van der Waals surface area contributed by atoms with Gasteiger partial charge in [-0.1, -0.05) is 26.0 Å². The van der Waals surface area contributed by atoms with E-state index in [0.29, 0.717) is 24.4 Å². The molecule has 0 aromatic rings. The van der Waals surface area contributed by atoms with Gasteiger partial charge in [-0.25, -0.2) is 0 Å². The van der Waals surface area contributed by atoms with Crippen LogP contribution in [0.15, 0.2) is 12.2 Å². The molecule has 0 aromatic carbocycles. The van der Waals surface area contributed by atoms with Crippen LogP contribution in [0.5, 0.6) is 0 Å². The average Bonchev–Trinajstić information content (AvgIpc) is 2.80. The largest absolute Gasteiger partial charge is 0.396 e. The van der Waals surface area contributed by atoms with Crippen molar-refractivity contribution in [2.24, 2.45) is 33.5 Å². The molecular weight excluding hydrogens is 304 g/mol. The highest BCUT2D eigenvalue weighted by molar-refractivity contribution is 5.28. The Morgan fingerprint density at radius 2 is 1.88 bits per heavy atom. The van der Waals surface area contributed by atoms with Crippen LogP contribution in [-0.2, 0) is 4.74 Å². The van der Waals surface area contributed by atoms with E-state index in [1.807, 2.05) is 6.92 Å². The van der Waals surface area contributed by atoms with Crippen molar-refractivity contribution < 1.29 is 20.1 Å². The van der Waals surface area contributed by atoms with Crippen molar-refractivity contribution >= 4 is 0 Å². The van der Waals surface area contributed by atoms with E-state index in [1.165, 1.54) is 12.8 Å². The number of hydrogen-bond acceptors (Lipinski definition) is 4. The van der Waals surface area contributed by atoms with Gasteiger partial charge in [0.25, 0.3) is 0 Å². The van der Waals surface area contributed by atoms with Gasteiger partial charge in [0.2, 0.25) is 0 Å². The molecule has 2 spiro atoms. The van der Waals surface area contributed by atoms with E-state index in [2.05, 4.69) is 19.1 Å². The number of ether oxygens (including phenoxy) is 1. The molecule has 0 aromatic heterocycles. The molecule has 134 valence electrons. The average molecular weight is 334 g/mol. The van der Waals surface area contributed by atoms with Crippen molar-refractivity contribution in [3.63, 3.8) is 0 Å². The zero-order chi connectivity index (χ0) is 17.0. The molecule has 24 heavy (non-hydrogen) atoms. The third-order valence-corrected chi connectivity index (χ3v) is 9.04. The molecule has 2 heterocycles. The summed E-state index contributed by atoms with van der Waals surface area (Å²) in [7, 11) is 0. The van der Waals surface area contributed by atoms with Gasteiger partial charge in [-0.3, -0.25) is 0 Å². The first-order valence-corrected chi connectivity index (χ1v) is 9.59. The highest BCUT2D eigenvalue weighted by atomic mass is 16.6. The minimum atomic E-state index is -1.60. The number of hydrogen-bond donors (Lipinski definition) is 3. The molecule has 2 saturated heterocycles. The summed E-state index contributed by atoms with van der Waals surface area (Å²) in [5.41, 5.74) is -0.331. The minimum Gasteiger partial charge on any atom is -0.396 e. The van der Waals surface area contributed by atoms with Gasteiger partial charge in [0.05, 0.1) is 18.6 Å². The van der Waals surface area contributed by atoms with Crippen LogP contribution in [0.1, 0.15) is 52.4 Å². The molecule has 6 rings (SSSR count). The lowest BCUT2D eigenvalue weighted by molar-refractivity contribution is -0.431. The van der Waals surface area contributed by atoms with Crippen LogP contribution in [0.25, 0.3) is 0 Å². The summed E-state index contributed by atoms with van der Waals surface area (Å²) in [6.07, 6.45) is 10.3. The number of aliphatic hydroxyl groups is 3. The van der Waals surface area contributed by atoms with E-state index in [1.54, 1.807) is 0 Å². The summed E-state index contributed by atoms with van der Waals surface area (Å²) < 4.78 is 5.94. The van der Waals surface area contributed by atoms with Crippen molar-refractivity contribution in [3.05, 3.63) is 12.2 Å². The lowest BCUT2D eigenvalue weighted by Crippen LogP contribution is -2.77. The van der Waals surface area contributed by atoms with Crippen molar-refractivity contribution in [1.82, 2.24) is 0 Å². The van der Waals surface area contributed by atoms with E-state index < -0.39 is 17.3 Å². The molecule has 3 saturated carbocycles. The normalized spacial score (nSPS) is 64.0. The SMILES string of the molecule is C[C@@]12C=C[C@]3(CC[C@@H]4[C@@]5(CO[C@@](O)([C@H](O)C5)[C@@]4(C)CO)[C@H]3CC1)C2. The summed E-state index contributed by atoms with van der Waals surface area (Å²) in [5, 5.41) is 32.0. The summed E-state index contributed by atoms with van der Waals surface area (Å²) in [6, 6.07) is 0. The maximum Gasteiger partial charge on any atom is 0.200 e. The Hall–Kier alpha value is -0.420. The quantitative estimate of drug-likeness (QED) is 0.643.